The van der Waals surface area contributed by atoms with Crippen molar-refractivity contribution in [1.29, 1.82) is 0 Å². The first-order chi connectivity index (χ1) is 14.0. The molecular formula is C22H34N4O3. The fourth-order valence-electron chi connectivity index (χ4n) is 4.17. The summed E-state index contributed by atoms with van der Waals surface area (Å²) in [5, 5.41) is 0. The molecular weight excluding hydrogens is 368 g/mol. The van der Waals surface area contributed by atoms with Crippen LogP contribution >= 0.6 is 0 Å². The van der Waals surface area contributed by atoms with Gasteiger partial charge in [-0.3, -0.25) is 19.4 Å². The predicted octanol–water partition coefficient (Wildman–Crippen LogP) is 1.29. The number of hydrogen-bond acceptors (Lipinski definition) is 5. The summed E-state index contributed by atoms with van der Waals surface area (Å²) in [4.78, 5) is 34.1. The zero-order valence-corrected chi connectivity index (χ0v) is 17.9. The number of carbonyl (C=O) groups is 2. The molecule has 2 atom stereocenters. The van der Waals surface area contributed by atoms with Crippen LogP contribution in [0.5, 0.6) is 0 Å². The third kappa shape index (κ3) is 5.15. The van der Waals surface area contributed by atoms with Gasteiger partial charge in [-0.15, -0.1) is 0 Å². The smallest absolute Gasteiger partial charge is 0.244 e. The fourth-order valence-corrected chi connectivity index (χ4v) is 4.17. The molecule has 2 amide bonds. The Labute approximate surface area is 174 Å². The number of anilines is 1. The lowest BCUT2D eigenvalue weighted by Crippen LogP contribution is -2.58. The van der Waals surface area contributed by atoms with Gasteiger partial charge in [0.2, 0.25) is 11.8 Å². The van der Waals surface area contributed by atoms with Gasteiger partial charge in [-0.2, -0.15) is 0 Å². The Kier molecular flexibility index (Phi) is 7.64. The van der Waals surface area contributed by atoms with Crippen LogP contribution in [0.3, 0.4) is 0 Å². The van der Waals surface area contributed by atoms with Crippen LogP contribution in [0.4, 0.5) is 5.69 Å². The van der Waals surface area contributed by atoms with Crippen LogP contribution < -0.4 is 4.90 Å². The van der Waals surface area contributed by atoms with E-state index in [1.165, 1.54) is 0 Å². The number of amides is 2. The molecule has 2 unspecified atom stereocenters. The number of benzene rings is 1. The van der Waals surface area contributed by atoms with Gasteiger partial charge in [0.15, 0.2) is 0 Å². The Bertz CT molecular complexity index is 670. The van der Waals surface area contributed by atoms with E-state index in [1.807, 2.05) is 60.9 Å². The standard InChI is InChI=1S/C22H34N4O3/c1-4-26(20-8-6-5-7-9-20)22(28)19(3)24-12-10-23(11-13-24)18(2)21(27)25-14-16-29-17-15-25/h5-9,18-19H,4,10-17H2,1-3H3. The molecule has 2 fully saturated rings. The lowest BCUT2D eigenvalue weighted by atomic mass is 10.1. The summed E-state index contributed by atoms with van der Waals surface area (Å²) < 4.78 is 5.35. The van der Waals surface area contributed by atoms with Crippen LogP contribution in [0.25, 0.3) is 0 Å². The molecule has 2 aliphatic rings. The summed E-state index contributed by atoms with van der Waals surface area (Å²) in [7, 11) is 0. The molecule has 1 aromatic rings. The maximum Gasteiger partial charge on any atom is 0.244 e. The second-order valence-electron chi connectivity index (χ2n) is 7.78. The minimum atomic E-state index is -0.178. The van der Waals surface area contributed by atoms with Gasteiger partial charge in [0.05, 0.1) is 25.3 Å². The normalized spacial score (nSPS) is 20.9. The molecule has 1 aromatic carbocycles. The van der Waals surface area contributed by atoms with Gasteiger partial charge in [0.1, 0.15) is 0 Å². The number of morpholine rings is 1. The van der Waals surface area contributed by atoms with E-state index < -0.39 is 0 Å². The molecule has 0 N–H and O–H groups in total. The second-order valence-corrected chi connectivity index (χ2v) is 7.78. The van der Waals surface area contributed by atoms with Gasteiger partial charge in [0.25, 0.3) is 0 Å². The number of likely N-dealkylation sites (N-methyl/N-ethyl adjacent to an activating group) is 1. The summed E-state index contributed by atoms with van der Waals surface area (Å²) in [6.45, 7) is 12.4. The minimum Gasteiger partial charge on any atom is -0.378 e. The molecule has 7 heteroatoms. The minimum absolute atomic E-state index is 0.127. The third-order valence-corrected chi connectivity index (χ3v) is 6.13. The molecule has 2 heterocycles. The van der Waals surface area contributed by atoms with Gasteiger partial charge in [-0.05, 0) is 32.9 Å². The molecule has 0 aromatic heterocycles. The summed E-state index contributed by atoms with van der Waals surface area (Å²) >= 11 is 0. The molecule has 29 heavy (non-hydrogen) atoms. The van der Waals surface area contributed by atoms with Crippen molar-refractivity contribution in [3.05, 3.63) is 30.3 Å². The third-order valence-electron chi connectivity index (χ3n) is 6.13. The Morgan fingerprint density at radius 1 is 0.931 bits per heavy atom. The Hall–Kier alpha value is -1.96. The lowest BCUT2D eigenvalue weighted by Gasteiger charge is -2.41. The van der Waals surface area contributed by atoms with Gasteiger partial charge in [-0.1, -0.05) is 18.2 Å². The predicted molar refractivity (Wildman–Crippen MR) is 114 cm³/mol. The topological polar surface area (TPSA) is 56.3 Å². The van der Waals surface area contributed by atoms with Crippen LogP contribution in [0.15, 0.2) is 30.3 Å². The lowest BCUT2D eigenvalue weighted by molar-refractivity contribution is -0.141. The number of nitrogens with zero attached hydrogens (tertiary/aromatic N) is 4. The molecule has 0 radical (unpaired) electrons. The van der Waals surface area contributed by atoms with Crippen LogP contribution in [-0.4, -0.2) is 97.6 Å². The van der Waals surface area contributed by atoms with Crippen LogP contribution in [0.2, 0.25) is 0 Å². The van der Waals surface area contributed by atoms with Crippen molar-refractivity contribution >= 4 is 17.5 Å². The van der Waals surface area contributed by atoms with Crippen molar-refractivity contribution in [2.24, 2.45) is 0 Å². The number of piperazine rings is 1. The highest BCUT2D eigenvalue weighted by Crippen LogP contribution is 2.18. The van der Waals surface area contributed by atoms with Crippen molar-refractivity contribution in [3.8, 4) is 0 Å². The summed E-state index contributed by atoms with van der Waals surface area (Å²) in [5.74, 6) is 0.316. The van der Waals surface area contributed by atoms with Gasteiger partial charge in [0, 0.05) is 51.5 Å². The van der Waals surface area contributed by atoms with Crippen molar-refractivity contribution in [3.63, 3.8) is 0 Å². The van der Waals surface area contributed by atoms with E-state index in [0.29, 0.717) is 32.8 Å². The van der Waals surface area contributed by atoms with E-state index in [9.17, 15) is 9.59 Å². The highest BCUT2D eigenvalue weighted by molar-refractivity contribution is 5.96. The molecule has 3 rings (SSSR count). The van der Waals surface area contributed by atoms with E-state index in [-0.39, 0.29) is 23.9 Å². The first-order valence-corrected chi connectivity index (χ1v) is 10.7. The highest BCUT2D eigenvalue weighted by atomic mass is 16.5. The average Bonchev–Trinajstić information content (AvgIpc) is 2.79. The Morgan fingerprint density at radius 3 is 2.03 bits per heavy atom. The van der Waals surface area contributed by atoms with Crippen LogP contribution in [0.1, 0.15) is 20.8 Å². The monoisotopic (exact) mass is 402 g/mol. The zero-order chi connectivity index (χ0) is 20.8. The van der Waals surface area contributed by atoms with Gasteiger partial charge in [-0.25, -0.2) is 0 Å². The molecule has 2 saturated heterocycles. The van der Waals surface area contributed by atoms with Gasteiger partial charge < -0.3 is 14.5 Å². The number of para-hydroxylation sites is 1. The highest BCUT2D eigenvalue weighted by Gasteiger charge is 2.33. The molecule has 0 aliphatic carbocycles. The van der Waals surface area contributed by atoms with Crippen molar-refractivity contribution < 1.29 is 14.3 Å². The SMILES string of the molecule is CCN(C(=O)C(C)N1CCN(C(C)C(=O)N2CCOCC2)CC1)c1ccccc1. The first kappa shape index (κ1) is 21.7. The molecule has 0 spiro atoms. The van der Waals surface area contributed by atoms with Crippen LogP contribution in [-0.2, 0) is 14.3 Å². The average molecular weight is 403 g/mol. The summed E-state index contributed by atoms with van der Waals surface area (Å²) in [6.07, 6.45) is 0. The van der Waals surface area contributed by atoms with Crippen molar-refractivity contribution in [2.75, 3.05) is 63.9 Å². The Morgan fingerprint density at radius 2 is 1.48 bits per heavy atom. The van der Waals surface area contributed by atoms with E-state index in [4.69, 9.17) is 4.74 Å². The zero-order valence-electron chi connectivity index (χ0n) is 17.9. The molecule has 7 nitrogen and oxygen atoms in total. The second kappa shape index (κ2) is 10.2. The van der Waals surface area contributed by atoms with E-state index >= 15 is 0 Å². The van der Waals surface area contributed by atoms with Gasteiger partial charge >= 0.3 is 0 Å². The molecule has 0 bridgehead atoms. The summed E-state index contributed by atoms with van der Waals surface area (Å²) in [6, 6.07) is 9.53. The molecule has 2 aliphatic heterocycles. The number of ether oxygens (including phenoxy) is 1. The maximum atomic E-state index is 13.1. The van der Waals surface area contributed by atoms with Crippen molar-refractivity contribution in [2.45, 2.75) is 32.9 Å². The quantitative estimate of drug-likeness (QED) is 0.718. The van der Waals surface area contributed by atoms with E-state index in [2.05, 4.69) is 9.80 Å². The largest absolute Gasteiger partial charge is 0.378 e. The number of hydrogen-bond donors (Lipinski definition) is 0. The van der Waals surface area contributed by atoms with Crippen LogP contribution in [0, 0.1) is 0 Å². The van der Waals surface area contributed by atoms with E-state index in [1.54, 1.807) is 0 Å². The fraction of sp³-hybridized carbons (Fsp3) is 0.636. The summed E-state index contributed by atoms with van der Waals surface area (Å²) in [5.41, 5.74) is 0.940. The molecule has 160 valence electrons. The first-order valence-electron chi connectivity index (χ1n) is 10.7. The molecule has 0 saturated carbocycles. The Balaban J connectivity index is 1.54. The van der Waals surface area contributed by atoms with Crippen molar-refractivity contribution in [1.82, 2.24) is 14.7 Å². The van der Waals surface area contributed by atoms with E-state index in [0.717, 1.165) is 31.9 Å². The number of carbonyl (C=O) groups excluding carboxylic acids is 2. The maximum absolute atomic E-state index is 13.1. The number of rotatable bonds is 6.